The van der Waals surface area contributed by atoms with Crippen LogP contribution in [-0.2, 0) is 16.2 Å². The molecule has 0 fully saturated rings. The van der Waals surface area contributed by atoms with Gasteiger partial charge in [-0.3, -0.25) is 4.79 Å². The van der Waals surface area contributed by atoms with Crippen LogP contribution < -0.4 is 11.1 Å². The minimum atomic E-state index is -5.06. The first-order chi connectivity index (χ1) is 16.1. The number of sulfonamides is 1. The molecule has 0 aliphatic rings. The molecule has 0 unspecified atom stereocenters. The Bertz CT molecular complexity index is 1430. The van der Waals surface area contributed by atoms with E-state index in [9.17, 15) is 35.2 Å². The minimum Gasteiger partial charge on any atom is -0.398 e. The Morgan fingerprint density at radius 1 is 1.00 bits per heavy atom. The number of carbonyl (C=O) groups excluding carboxylic acids is 1. The highest BCUT2D eigenvalue weighted by atomic mass is 35.5. The molecule has 0 saturated carbocycles. The third-order valence-corrected chi connectivity index (χ3v) is 7.09. The summed E-state index contributed by atoms with van der Waals surface area (Å²) < 4.78 is 93.9. The van der Waals surface area contributed by atoms with Gasteiger partial charge in [-0.05, 0) is 48.5 Å². The van der Waals surface area contributed by atoms with Crippen LogP contribution in [0.3, 0.4) is 0 Å². The van der Waals surface area contributed by atoms with Crippen molar-refractivity contribution in [2.75, 3.05) is 25.1 Å². The Morgan fingerprint density at radius 2 is 1.66 bits per heavy atom. The fraction of sp³-hybridized carbons (Fsp3) is 0.136. The number of hydrogen-bond donors (Lipinski definition) is 2. The molecule has 0 saturated heterocycles. The zero-order chi connectivity index (χ0) is 26.3. The maximum atomic E-state index is 14.8. The average Bonchev–Trinajstić information content (AvgIpc) is 2.74. The molecule has 0 bridgehead atoms. The van der Waals surface area contributed by atoms with E-state index in [2.05, 4.69) is 5.32 Å². The monoisotopic (exact) mass is 533 g/mol. The second kappa shape index (κ2) is 9.44. The number of hydrogen-bond acceptors (Lipinski definition) is 4. The van der Waals surface area contributed by atoms with Gasteiger partial charge in [0.05, 0.1) is 21.0 Å². The lowest BCUT2D eigenvalue weighted by molar-refractivity contribution is -0.139. The van der Waals surface area contributed by atoms with Crippen LogP contribution in [0.15, 0.2) is 53.4 Å². The third-order valence-electron chi connectivity index (χ3n) is 4.91. The second-order valence-corrected chi connectivity index (χ2v) is 10.0. The van der Waals surface area contributed by atoms with Crippen LogP contribution in [0, 0.1) is 11.6 Å². The summed E-state index contributed by atoms with van der Waals surface area (Å²) in [4.78, 5) is 11.7. The molecule has 6 nitrogen and oxygen atoms in total. The zero-order valence-electron chi connectivity index (χ0n) is 18.0. The third kappa shape index (κ3) is 5.39. The normalized spacial score (nSPS) is 12.1. The van der Waals surface area contributed by atoms with Gasteiger partial charge in [-0.1, -0.05) is 11.6 Å². The number of nitrogen functional groups attached to an aromatic ring is 1. The maximum Gasteiger partial charge on any atom is 0.417 e. The van der Waals surface area contributed by atoms with E-state index in [0.717, 1.165) is 44.4 Å². The van der Waals surface area contributed by atoms with E-state index < -0.39 is 55.5 Å². The fourth-order valence-electron chi connectivity index (χ4n) is 3.16. The van der Waals surface area contributed by atoms with Crippen molar-refractivity contribution in [3.8, 4) is 11.1 Å². The number of benzene rings is 3. The Hall–Kier alpha value is -3.22. The summed E-state index contributed by atoms with van der Waals surface area (Å²) in [5, 5.41) is 1.89. The molecule has 13 heteroatoms. The number of amides is 1. The highest BCUT2D eigenvalue weighted by molar-refractivity contribution is 7.89. The number of rotatable bonds is 5. The highest BCUT2D eigenvalue weighted by Gasteiger charge is 2.38. The highest BCUT2D eigenvalue weighted by Crippen LogP contribution is 2.37. The van der Waals surface area contributed by atoms with Gasteiger partial charge in [0.25, 0.3) is 5.91 Å². The lowest BCUT2D eigenvalue weighted by atomic mass is 10.0. The Kier molecular flexibility index (Phi) is 7.12. The fourth-order valence-corrected chi connectivity index (χ4v) is 4.49. The molecule has 0 aliphatic carbocycles. The van der Waals surface area contributed by atoms with Crippen LogP contribution in [0.4, 0.5) is 33.3 Å². The van der Waals surface area contributed by atoms with E-state index in [1.54, 1.807) is 0 Å². The standard InChI is InChI=1S/C22H17ClF5N3O3S/c1-31(2)35(33,34)20-6-4-12(8-16(20)22(26,27)28)30-21(32)15-10-18(25)14(9-17(15)23)13-5-3-11(24)7-19(13)29/h3-10H,29H2,1-2H3,(H,30,32). The predicted molar refractivity (Wildman–Crippen MR) is 121 cm³/mol. The number of alkyl halides is 3. The van der Waals surface area contributed by atoms with Crippen molar-refractivity contribution in [3.63, 3.8) is 0 Å². The molecular formula is C22H17ClF5N3O3S. The van der Waals surface area contributed by atoms with E-state index in [1.807, 2.05) is 0 Å². The van der Waals surface area contributed by atoms with Gasteiger partial charge in [0.2, 0.25) is 10.0 Å². The number of halogens is 6. The molecule has 0 atom stereocenters. The predicted octanol–water partition coefficient (Wildman–Crippen LogP) is 5.39. The van der Waals surface area contributed by atoms with Gasteiger partial charge in [0.15, 0.2) is 0 Å². The summed E-state index contributed by atoms with van der Waals surface area (Å²) in [6.07, 6.45) is -5.06. The summed E-state index contributed by atoms with van der Waals surface area (Å²) in [5.74, 6) is -2.64. The van der Waals surface area contributed by atoms with E-state index in [4.69, 9.17) is 17.3 Å². The van der Waals surface area contributed by atoms with E-state index in [0.29, 0.717) is 16.4 Å². The van der Waals surface area contributed by atoms with Gasteiger partial charge in [0, 0.05) is 36.6 Å². The van der Waals surface area contributed by atoms with Crippen molar-refractivity contribution in [1.29, 1.82) is 0 Å². The SMILES string of the molecule is CN(C)S(=O)(=O)c1ccc(NC(=O)c2cc(F)c(-c3ccc(F)cc3N)cc2Cl)cc1C(F)(F)F. The lowest BCUT2D eigenvalue weighted by Gasteiger charge is -2.18. The second-order valence-electron chi connectivity index (χ2n) is 7.49. The Morgan fingerprint density at radius 3 is 2.23 bits per heavy atom. The number of carbonyl (C=O) groups is 1. The molecule has 0 spiro atoms. The van der Waals surface area contributed by atoms with Crippen molar-refractivity contribution < 1.29 is 35.2 Å². The lowest BCUT2D eigenvalue weighted by Crippen LogP contribution is -2.25. The number of anilines is 2. The molecular weight excluding hydrogens is 517 g/mol. The molecule has 1 amide bonds. The van der Waals surface area contributed by atoms with Crippen LogP contribution in [0.5, 0.6) is 0 Å². The molecule has 0 radical (unpaired) electrons. The molecule has 0 aromatic heterocycles. The minimum absolute atomic E-state index is 0.0791. The number of nitrogens with two attached hydrogens (primary N) is 1. The van der Waals surface area contributed by atoms with E-state index in [-0.39, 0.29) is 21.8 Å². The summed E-state index contributed by atoms with van der Waals surface area (Å²) in [7, 11) is -2.29. The van der Waals surface area contributed by atoms with Gasteiger partial charge >= 0.3 is 6.18 Å². The summed E-state index contributed by atoms with van der Waals surface area (Å²) in [6.45, 7) is 0. The van der Waals surface area contributed by atoms with E-state index in [1.165, 1.54) is 6.07 Å². The van der Waals surface area contributed by atoms with Gasteiger partial charge in [-0.15, -0.1) is 0 Å². The largest absolute Gasteiger partial charge is 0.417 e. The van der Waals surface area contributed by atoms with Gasteiger partial charge in [0.1, 0.15) is 11.6 Å². The zero-order valence-corrected chi connectivity index (χ0v) is 19.6. The Balaban J connectivity index is 1.99. The molecule has 0 aliphatic heterocycles. The Labute approximate surface area is 202 Å². The topological polar surface area (TPSA) is 92.5 Å². The van der Waals surface area contributed by atoms with Crippen LogP contribution in [0.25, 0.3) is 11.1 Å². The number of nitrogens with one attached hydrogen (secondary N) is 1. The van der Waals surface area contributed by atoms with Crippen LogP contribution in [0.1, 0.15) is 15.9 Å². The molecule has 0 heterocycles. The van der Waals surface area contributed by atoms with E-state index >= 15 is 0 Å². The summed E-state index contributed by atoms with van der Waals surface area (Å²) in [5.41, 5.74) is 3.32. The van der Waals surface area contributed by atoms with Crippen LogP contribution in [0.2, 0.25) is 5.02 Å². The van der Waals surface area contributed by atoms with Crippen molar-refractivity contribution in [2.45, 2.75) is 11.1 Å². The number of nitrogens with zero attached hydrogens (tertiary/aromatic N) is 1. The quantitative estimate of drug-likeness (QED) is 0.340. The maximum absolute atomic E-state index is 14.8. The van der Waals surface area contributed by atoms with Crippen molar-refractivity contribution in [3.05, 3.63) is 76.3 Å². The molecule has 3 N–H and O–H groups in total. The van der Waals surface area contributed by atoms with Crippen molar-refractivity contribution in [2.24, 2.45) is 0 Å². The first-order valence-corrected chi connectivity index (χ1v) is 11.4. The van der Waals surface area contributed by atoms with Crippen molar-refractivity contribution in [1.82, 2.24) is 4.31 Å². The molecule has 3 aromatic rings. The first-order valence-electron chi connectivity index (χ1n) is 9.62. The molecule has 186 valence electrons. The molecule has 3 rings (SSSR count). The van der Waals surface area contributed by atoms with Crippen LogP contribution >= 0.6 is 11.6 Å². The van der Waals surface area contributed by atoms with Gasteiger partial charge in [-0.2, -0.15) is 13.2 Å². The average molecular weight is 534 g/mol. The summed E-state index contributed by atoms with van der Waals surface area (Å²) >= 11 is 6.11. The molecule has 35 heavy (non-hydrogen) atoms. The first kappa shape index (κ1) is 26.4. The van der Waals surface area contributed by atoms with Crippen molar-refractivity contribution >= 4 is 38.9 Å². The van der Waals surface area contributed by atoms with Gasteiger partial charge in [-0.25, -0.2) is 21.5 Å². The summed E-state index contributed by atoms with van der Waals surface area (Å²) in [6, 6.07) is 7.19. The van der Waals surface area contributed by atoms with Gasteiger partial charge < -0.3 is 11.1 Å². The van der Waals surface area contributed by atoms with Crippen LogP contribution in [-0.4, -0.2) is 32.7 Å². The molecule has 3 aromatic carbocycles. The smallest absolute Gasteiger partial charge is 0.398 e.